The Balaban J connectivity index is 2.13. The van der Waals surface area contributed by atoms with Crippen molar-refractivity contribution < 1.29 is 13.9 Å². The third kappa shape index (κ3) is 2.41. The van der Waals surface area contributed by atoms with Crippen LogP contribution < -0.4 is 5.63 Å². The molecule has 3 aromatic rings. The summed E-state index contributed by atoms with van der Waals surface area (Å²) in [5.74, 6) is -0.750. The standard InChI is InChI=1S/C16H10FNO3/c17-12-6-2-3-7-13(12)18-9-11-15(19)10-5-1-4-8-14(10)21-16(11)20/h1-9,19H. The number of fused-ring (bicyclic) bond motifs is 1. The molecule has 5 heteroatoms. The van der Waals surface area contributed by atoms with Crippen LogP contribution in [0.5, 0.6) is 5.75 Å². The van der Waals surface area contributed by atoms with Gasteiger partial charge in [-0.15, -0.1) is 0 Å². The number of aromatic hydroxyl groups is 1. The number of hydrogen-bond acceptors (Lipinski definition) is 4. The van der Waals surface area contributed by atoms with Crippen LogP contribution in [0.2, 0.25) is 0 Å². The largest absolute Gasteiger partial charge is 0.506 e. The van der Waals surface area contributed by atoms with E-state index in [0.717, 1.165) is 6.21 Å². The number of aliphatic imine (C=N–C) groups is 1. The van der Waals surface area contributed by atoms with Crippen molar-refractivity contribution in [2.75, 3.05) is 0 Å². The molecule has 0 unspecified atom stereocenters. The molecule has 0 atom stereocenters. The zero-order chi connectivity index (χ0) is 14.8. The summed E-state index contributed by atoms with van der Waals surface area (Å²) in [4.78, 5) is 15.7. The number of halogens is 1. The van der Waals surface area contributed by atoms with Gasteiger partial charge in [-0.1, -0.05) is 24.3 Å². The fourth-order valence-electron chi connectivity index (χ4n) is 1.95. The molecular weight excluding hydrogens is 273 g/mol. The molecule has 1 N–H and O–H groups in total. The second-order valence-electron chi connectivity index (χ2n) is 4.36. The number of benzene rings is 2. The maximum absolute atomic E-state index is 13.5. The Morgan fingerprint density at radius 3 is 2.62 bits per heavy atom. The molecule has 21 heavy (non-hydrogen) atoms. The summed E-state index contributed by atoms with van der Waals surface area (Å²) >= 11 is 0. The molecule has 0 saturated heterocycles. The highest BCUT2D eigenvalue weighted by Crippen LogP contribution is 2.25. The van der Waals surface area contributed by atoms with Crippen molar-refractivity contribution >= 4 is 22.9 Å². The lowest BCUT2D eigenvalue weighted by molar-refractivity contribution is 0.466. The third-order valence-electron chi connectivity index (χ3n) is 3.01. The van der Waals surface area contributed by atoms with Gasteiger partial charge in [0.05, 0.1) is 11.1 Å². The molecule has 0 fully saturated rings. The second kappa shape index (κ2) is 5.20. The minimum atomic E-state index is -0.730. The Hall–Kier alpha value is -2.95. The summed E-state index contributed by atoms with van der Waals surface area (Å²) < 4.78 is 18.6. The monoisotopic (exact) mass is 283 g/mol. The van der Waals surface area contributed by atoms with Gasteiger partial charge < -0.3 is 9.52 Å². The fourth-order valence-corrected chi connectivity index (χ4v) is 1.95. The number of nitrogens with zero attached hydrogens (tertiary/aromatic N) is 1. The summed E-state index contributed by atoms with van der Waals surface area (Å²) in [6.07, 6.45) is 1.10. The lowest BCUT2D eigenvalue weighted by atomic mass is 10.1. The van der Waals surface area contributed by atoms with Gasteiger partial charge in [0.2, 0.25) is 0 Å². The summed E-state index contributed by atoms with van der Waals surface area (Å²) in [6.45, 7) is 0. The quantitative estimate of drug-likeness (QED) is 0.579. The minimum absolute atomic E-state index is 0.0736. The Bertz CT molecular complexity index is 899. The van der Waals surface area contributed by atoms with Crippen molar-refractivity contribution in [2.45, 2.75) is 0 Å². The predicted molar refractivity (Wildman–Crippen MR) is 77.8 cm³/mol. The molecular formula is C16H10FNO3. The fraction of sp³-hybridized carbons (Fsp3) is 0. The van der Waals surface area contributed by atoms with E-state index in [4.69, 9.17) is 4.42 Å². The Morgan fingerprint density at radius 1 is 1.10 bits per heavy atom. The molecule has 0 aliphatic rings. The van der Waals surface area contributed by atoms with Crippen molar-refractivity contribution in [1.82, 2.24) is 0 Å². The van der Waals surface area contributed by atoms with E-state index in [9.17, 15) is 14.3 Å². The summed E-state index contributed by atoms with van der Waals surface area (Å²) in [5, 5.41) is 10.5. The van der Waals surface area contributed by atoms with Crippen LogP contribution in [0.25, 0.3) is 11.0 Å². The van der Waals surface area contributed by atoms with Gasteiger partial charge in [0.1, 0.15) is 22.7 Å². The van der Waals surface area contributed by atoms with E-state index in [1.165, 1.54) is 18.2 Å². The van der Waals surface area contributed by atoms with Crippen LogP contribution in [0.3, 0.4) is 0 Å². The molecule has 1 heterocycles. The average Bonchev–Trinajstić information content (AvgIpc) is 2.49. The first-order valence-electron chi connectivity index (χ1n) is 6.20. The van der Waals surface area contributed by atoms with Crippen LogP contribution in [0.15, 0.2) is 62.7 Å². The summed E-state index contributed by atoms with van der Waals surface area (Å²) in [7, 11) is 0. The maximum atomic E-state index is 13.5. The van der Waals surface area contributed by atoms with Crippen molar-refractivity contribution in [2.24, 2.45) is 4.99 Å². The van der Waals surface area contributed by atoms with Crippen LogP contribution in [0.4, 0.5) is 10.1 Å². The SMILES string of the molecule is O=c1oc2ccccc2c(O)c1C=Nc1ccccc1F. The maximum Gasteiger partial charge on any atom is 0.348 e. The highest BCUT2D eigenvalue weighted by molar-refractivity contribution is 5.94. The lowest BCUT2D eigenvalue weighted by Crippen LogP contribution is -2.06. The smallest absolute Gasteiger partial charge is 0.348 e. The molecule has 3 rings (SSSR count). The molecule has 4 nitrogen and oxygen atoms in total. The topological polar surface area (TPSA) is 62.8 Å². The normalized spacial score (nSPS) is 11.3. The van der Waals surface area contributed by atoms with E-state index in [1.807, 2.05) is 0 Å². The first kappa shape index (κ1) is 13.1. The molecule has 0 saturated carbocycles. The van der Waals surface area contributed by atoms with Gasteiger partial charge in [-0.2, -0.15) is 0 Å². The van der Waals surface area contributed by atoms with Crippen molar-refractivity contribution in [1.29, 1.82) is 0 Å². The average molecular weight is 283 g/mol. The van der Waals surface area contributed by atoms with Crippen LogP contribution in [0.1, 0.15) is 5.56 Å². The van der Waals surface area contributed by atoms with Gasteiger partial charge >= 0.3 is 5.63 Å². The van der Waals surface area contributed by atoms with E-state index in [1.54, 1.807) is 30.3 Å². The van der Waals surface area contributed by atoms with E-state index >= 15 is 0 Å². The zero-order valence-electron chi connectivity index (χ0n) is 10.8. The summed E-state index contributed by atoms with van der Waals surface area (Å²) in [6, 6.07) is 12.5. The molecule has 0 amide bonds. The Morgan fingerprint density at radius 2 is 1.81 bits per heavy atom. The van der Waals surface area contributed by atoms with Crippen LogP contribution in [-0.2, 0) is 0 Å². The van der Waals surface area contributed by atoms with Gasteiger partial charge in [-0.05, 0) is 24.3 Å². The van der Waals surface area contributed by atoms with Crippen LogP contribution in [0, 0.1) is 5.82 Å². The predicted octanol–water partition coefficient (Wildman–Crippen LogP) is 3.39. The van der Waals surface area contributed by atoms with E-state index in [-0.39, 0.29) is 22.6 Å². The first-order chi connectivity index (χ1) is 10.2. The van der Waals surface area contributed by atoms with Crippen LogP contribution >= 0.6 is 0 Å². The van der Waals surface area contributed by atoms with Gasteiger partial charge in [0, 0.05) is 6.21 Å². The number of para-hydroxylation sites is 2. The van der Waals surface area contributed by atoms with Gasteiger partial charge in [-0.3, -0.25) is 4.99 Å². The van der Waals surface area contributed by atoms with E-state index in [2.05, 4.69) is 4.99 Å². The lowest BCUT2D eigenvalue weighted by Gasteiger charge is -2.02. The van der Waals surface area contributed by atoms with Gasteiger partial charge in [-0.25, -0.2) is 9.18 Å². The van der Waals surface area contributed by atoms with Crippen LogP contribution in [-0.4, -0.2) is 11.3 Å². The van der Waals surface area contributed by atoms with Gasteiger partial charge in [0.25, 0.3) is 0 Å². The molecule has 2 aromatic carbocycles. The van der Waals surface area contributed by atoms with Gasteiger partial charge in [0.15, 0.2) is 0 Å². The molecule has 0 aliphatic heterocycles. The molecule has 0 bridgehead atoms. The number of rotatable bonds is 2. The molecule has 0 aliphatic carbocycles. The van der Waals surface area contributed by atoms with E-state index < -0.39 is 11.4 Å². The third-order valence-corrected chi connectivity index (χ3v) is 3.01. The molecule has 104 valence electrons. The molecule has 1 aromatic heterocycles. The number of hydrogen-bond donors (Lipinski definition) is 1. The van der Waals surface area contributed by atoms with Crippen molar-refractivity contribution in [3.63, 3.8) is 0 Å². The highest BCUT2D eigenvalue weighted by Gasteiger charge is 2.11. The zero-order valence-corrected chi connectivity index (χ0v) is 10.8. The molecule has 0 spiro atoms. The Kier molecular flexibility index (Phi) is 3.23. The van der Waals surface area contributed by atoms with Crippen molar-refractivity contribution in [3.05, 3.63) is 70.3 Å². The van der Waals surface area contributed by atoms with E-state index in [0.29, 0.717) is 5.39 Å². The van der Waals surface area contributed by atoms with Crippen molar-refractivity contribution in [3.8, 4) is 5.75 Å². The summed E-state index contributed by atoms with van der Waals surface area (Å²) in [5.41, 5.74) is -0.490. The second-order valence-corrected chi connectivity index (χ2v) is 4.36. The first-order valence-corrected chi connectivity index (χ1v) is 6.20. The highest BCUT2D eigenvalue weighted by atomic mass is 19.1. The molecule has 0 radical (unpaired) electrons. The minimum Gasteiger partial charge on any atom is -0.506 e. The Labute approximate surface area is 118 Å².